The molecule has 0 aliphatic carbocycles. The van der Waals surface area contributed by atoms with Crippen LogP contribution < -0.4 is 15.2 Å². The van der Waals surface area contributed by atoms with Crippen LogP contribution in [0.2, 0.25) is 0 Å². The average Bonchev–Trinajstić information content (AvgIpc) is 3.12. The van der Waals surface area contributed by atoms with Gasteiger partial charge in [-0.2, -0.15) is 5.10 Å². The van der Waals surface area contributed by atoms with E-state index in [1.807, 2.05) is 6.07 Å². The maximum absolute atomic E-state index is 11.8. The van der Waals surface area contributed by atoms with E-state index in [0.29, 0.717) is 5.56 Å². The molecule has 0 aliphatic heterocycles. The van der Waals surface area contributed by atoms with Gasteiger partial charge in [0.25, 0.3) is 5.69 Å². The number of hydrogen-bond donors (Lipinski definition) is 1. The molecule has 1 N–H and O–H groups in total. The van der Waals surface area contributed by atoms with Gasteiger partial charge in [-0.15, -0.1) is 0 Å². The van der Waals surface area contributed by atoms with Gasteiger partial charge < -0.3 is 10.4 Å². The van der Waals surface area contributed by atoms with Crippen molar-refractivity contribution in [3.63, 3.8) is 0 Å². The van der Waals surface area contributed by atoms with Gasteiger partial charge in [-0.05, 0) is 9.81 Å². The summed E-state index contributed by atoms with van der Waals surface area (Å²) < 4.78 is 8.83. The zero-order valence-electron chi connectivity index (χ0n) is 12.2. The Kier molecular flexibility index (Phi) is 3.89. The van der Waals surface area contributed by atoms with E-state index in [4.69, 9.17) is 0 Å². The van der Waals surface area contributed by atoms with Crippen molar-refractivity contribution in [1.29, 1.82) is 0 Å². The van der Waals surface area contributed by atoms with Crippen LogP contribution in [0.15, 0.2) is 44.7 Å². The van der Waals surface area contributed by atoms with Crippen LogP contribution in [0.25, 0.3) is 11.3 Å². The molecular weight excluding hydrogens is 320 g/mol. The average molecular weight is 330 g/mol. The zero-order chi connectivity index (χ0) is 17.1. The molecule has 0 fully saturated rings. The highest BCUT2D eigenvalue weighted by molar-refractivity contribution is 5.93. The van der Waals surface area contributed by atoms with E-state index in [-0.39, 0.29) is 32.6 Å². The minimum Gasteiger partial charge on any atom is -0.359 e. The Hall–Kier alpha value is -3.76. The van der Waals surface area contributed by atoms with Crippen molar-refractivity contribution in [2.75, 3.05) is 0 Å². The number of carbonyl (C=O) groups is 1. The highest BCUT2D eigenvalue weighted by Gasteiger charge is 2.23. The van der Waals surface area contributed by atoms with Crippen molar-refractivity contribution in [2.45, 2.75) is 6.92 Å². The summed E-state index contributed by atoms with van der Waals surface area (Å²) in [5, 5.41) is 33.3. The molecule has 0 saturated heterocycles. The summed E-state index contributed by atoms with van der Waals surface area (Å²) in [6.45, 7) is 1.36. The first kappa shape index (κ1) is 15.1. The smallest absolute Gasteiger partial charge is 0.322 e. The van der Waals surface area contributed by atoms with E-state index < -0.39 is 5.91 Å². The number of nitrogens with zero attached hydrogens (tertiary/aromatic N) is 5. The van der Waals surface area contributed by atoms with E-state index in [9.17, 15) is 15.2 Å². The Bertz CT molecular complexity index is 901. The summed E-state index contributed by atoms with van der Waals surface area (Å²) in [5.41, 5.74) is 2.80. The molecule has 11 nitrogen and oxygen atoms in total. The lowest BCUT2D eigenvalue weighted by Gasteiger charge is -1.94. The van der Waals surface area contributed by atoms with E-state index in [1.165, 1.54) is 6.92 Å². The quantitative estimate of drug-likeness (QED) is 0.391. The predicted octanol–water partition coefficient (Wildman–Crippen LogP) is -0.331. The van der Waals surface area contributed by atoms with Crippen LogP contribution in [0.4, 0.5) is 0 Å². The number of rotatable bonds is 4. The SMILES string of the molecule is Cc1c(C(=O)N/N=C/c2c(-c3ccccc3)no[n+]2[O-])no[n+]1[O-]. The Balaban J connectivity index is 1.79. The molecule has 0 unspecified atom stereocenters. The van der Waals surface area contributed by atoms with Crippen LogP contribution in [0.5, 0.6) is 0 Å². The summed E-state index contributed by atoms with van der Waals surface area (Å²) in [7, 11) is 0. The Morgan fingerprint density at radius 3 is 2.58 bits per heavy atom. The molecule has 2 heterocycles. The molecular formula is C13H10N6O5. The number of hydrogen-bond acceptors (Lipinski definition) is 8. The topological polar surface area (TPSA) is 147 Å². The molecule has 0 radical (unpaired) electrons. The maximum Gasteiger partial charge on any atom is 0.322 e. The Morgan fingerprint density at radius 2 is 1.92 bits per heavy atom. The van der Waals surface area contributed by atoms with Crippen LogP contribution >= 0.6 is 0 Å². The summed E-state index contributed by atoms with van der Waals surface area (Å²) in [6.07, 6.45) is 1.07. The largest absolute Gasteiger partial charge is 0.359 e. The van der Waals surface area contributed by atoms with Gasteiger partial charge in [-0.3, -0.25) is 14.1 Å². The van der Waals surface area contributed by atoms with Crippen LogP contribution in [0.1, 0.15) is 21.9 Å². The van der Waals surface area contributed by atoms with Crippen molar-refractivity contribution in [3.8, 4) is 11.3 Å². The maximum atomic E-state index is 11.8. The summed E-state index contributed by atoms with van der Waals surface area (Å²) in [4.78, 5) is 12.1. The molecule has 3 aromatic rings. The summed E-state index contributed by atoms with van der Waals surface area (Å²) in [5.74, 6) is -0.766. The number of hydrazone groups is 1. The van der Waals surface area contributed by atoms with Crippen LogP contribution in [-0.2, 0) is 0 Å². The van der Waals surface area contributed by atoms with Crippen molar-refractivity contribution >= 4 is 12.1 Å². The van der Waals surface area contributed by atoms with Gasteiger partial charge in [-0.1, -0.05) is 30.3 Å². The number of aromatic nitrogens is 4. The van der Waals surface area contributed by atoms with E-state index in [2.05, 4.69) is 30.1 Å². The highest BCUT2D eigenvalue weighted by Crippen LogP contribution is 2.17. The van der Waals surface area contributed by atoms with Gasteiger partial charge in [0.05, 0.1) is 5.16 Å². The Labute approximate surface area is 133 Å². The van der Waals surface area contributed by atoms with Crippen molar-refractivity contribution in [3.05, 3.63) is 57.8 Å². The number of nitrogens with one attached hydrogen (secondary N) is 1. The normalized spacial score (nSPS) is 11.0. The molecule has 1 amide bonds. The minimum absolute atomic E-state index is 0.00253. The third-order valence-electron chi connectivity index (χ3n) is 3.08. The lowest BCUT2D eigenvalue weighted by Crippen LogP contribution is -2.29. The Morgan fingerprint density at radius 1 is 1.21 bits per heavy atom. The molecule has 0 atom stereocenters. The van der Waals surface area contributed by atoms with Gasteiger partial charge in [0.1, 0.15) is 6.21 Å². The standard InChI is InChI=1S/C13H10N6O5/c1-8-11(16-23-18(8)21)13(20)15-14-7-10-12(17-24-19(10)22)9-5-3-2-4-6-9/h2-7H,1H3,(H,15,20)/b14-7+. The molecule has 11 heteroatoms. The van der Waals surface area contributed by atoms with E-state index in [1.54, 1.807) is 24.3 Å². The fourth-order valence-electron chi connectivity index (χ4n) is 1.86. The fourth-order valence-corrected chi connectivity index (χ4v) is 1.86. The molecule has 0 spiro atoms. The second-order valence-corrected chi connectivity index (χ2v) is 4.59. The first-order valence-electron chi connectivity index (χ1n) is 6.63. The second kappa shape index (κ2) is 6.16. The lowest BCUT2D eigenvalue weighted by atomic mass is 10.1. The monoisotopic (exact) mass is 330 g/mol. The molecule has 2 aromatic heterocycles. The third kappa shape index (κ3) is 2.77. The fraction of sp³-hybridized carbons (Fsp3) is 0.0769. The van der Waals surface area contributed by atoms with Crippen LogP contribution in [0, 0.1) is 17.3 Å². The lowest BCUT2D eigenvalue weighted by molar-refractivity contribution is -0.806. The second-order valence-electron chi connectivity index (χ2n) is 4.59. The van der Waals surface area contributed by atoms with Gasteiger partial charge in [0, 0.05) is 17.6 Å². The zero-order valence-corrected chi connectivity index (χ0v) is 12.2. The van der Waals surface area contributed by atoms with Gasteiger partial charge in [0.15, 0.2) is 0 Å². The number of benzene rings is 1. The van der Waals surface area contributed by atoms with Gasteiger partial charge >= 0.3 is 11.6 Å². The van der Waals surface area contributed by atoms with Gasteiger partial charge in [0.2, 0.25) is 11.4 Å². The molecule has 1 aromatic carbocycles. The number of amides is 1. The molecule has 122 valence electrons. The van der Waals surface area contributed by atoms with Crippen molar-refractivity contribution in [2.24, 2.45) is 5.10 Å². The van der Waals surface area contributed by atoms with Crippen LogP contribution in [-0.4, -0.2) is 22.4 Å². The van der Waals surface area contributed by atoms with Crippen molar-refractivity contribution in [1.82, 2.24) is 15.7 Å². The predicted molar refractivity (Wildman–Crippen MR) is 76.2 cm³/mol. The molecule has 24 heavy (non-hydrogen) atoms. The minimum atomic E-state index is -0.766. The van der Waals surface area contributed by atoms with Gasteiger partial charge in [-0.25, -0.2) is 5.43 Å². The summed E-state index contributed by atoms with van der Waals surface area (Å²) in [6, 6.07) is 8.82. The number of carbonyl (C=O) groups excluding carboxylic acids is 1. The third-order valence-corrected chi connectivity index (χ3v) is 3.08. The van der Waals surface area contributed by atoms with E-state index in [0.717, 1.165) is 6.21 Å². The molecule has 3 rings (SSSR count). The van der Waals surface area contributed by atoms with Crippen LogP contribution in [0.3, 0.4) is 0 Å². The van der Waals surface area contributed by atoms with Crippen molar-refractivity contribution < 1.29 is 23.9 Å². The molecule has 0 aliphatic rings. The first-order valence-corrected chi connectivity index (χ1v) is 6.63. The first-order chi connectivity index (χ1) is 11.6. The summed E-state index contributed by atoms with van der Waals surface area (Å²) >= 11 is 0. The van der Waals surface area contributed by atoms with E-state index >= 15 is 0 Å². The molecule has 0 saturated carbocycles. The highest BCUT2D eigenvalue weighted by atomic mass is 16.8. The molecule has 0 bridgehead atoms.